The van der Waals surface area contributed by atoms with Crippen LogP contribution < -0.4 is 0 Å². The third kappa shape index (κ3) is 3.19. The molecule has 0 aromatic rings. The molecule has 0 bridgehead atoms. The van der Waals surface area contributed by atoms with Gasteiger partial charge in [0.05, 0.1) is 6.10 Å². The third-order valence-corrected chi connectivity index (χ3v) is 4.14. The number of aliphatic hydroxyl groups excluding tert-OH is 1. The first kappa shape index (κ1) is 12.8. The molecule has 2 atom stereocenters. The van der Waals surface area contributed by atoms with Gasteiger partial charge in [-0.15, -0.1) is 0 Å². The Morgan fingerprint density at radius 1 is 1.06 bits per heavy atom. The van der Waals surface area contributed by atoms with E-state index in [1.807, 2.05) is 4.90 Å². The lowest BCUT2D eigenvalue weighted by molar-refractivity contribution is -0.128. The van der Waals surface area contributed by atoms with Crippen molar-refractivity contribution in [1.29, 1.82) is 0 Å². The van der Waals surface area contributed by atoms with Crippen molar-refractivity contribution < 1.29 is 9.90 Å². The van der Waals surface area contributed by atoms with E-state index >= 15 is 0 Å². The van der Waals surface area contributed by atoms with E-state index in [9.17, 15) is 9.90 Å². The number of amides is 1. The summed E-state index contributed by atoms with van der Waals surface area (Å²) in [6.07, 6.45) is 5.31. The Hall–Kier alpha value is -0.610. The Morgan fingerprint density at radius 3 is 2.53 bits per heavy atom. The van der Waals surface area contributed by atoms with E-state index in [2.05, 4.69) is 4.90 Å². The lowest BCUT2D eigenvalue weighted by Crippen LogP contribution is -2.47. The van der Waals surface area contributed by atoms with Crippen molar-refractivity contribution >= 4 is 5.91 Å². The van der Waals surface area contributed by atoms with Gasteiger partial charge in [-0.2, -0.15) is 0 Å². The molecule has 0 aromatic carbocycles. The van der Waals surface area contributed by atoms with Crippen molar-refractivity contribution in [3.8, 4) is 0 Å². The van der Waals surface area contributed by atoms with E-state index in [1.54, 1.807) is 6.92 Å². The fourth-order valence-corrected chi connectivity index (χ4v) is 3.10. The van der Waals surface area contributed by atoms with E-state index in [-0.39, 0.29) is 12.0 Å². The summed E-state index contributed by atoms with van der Waals surface area (Å²) >= 11 is 0. The molecule has 1 N–H and O–H groups in total. The Labute approximate surface area is 104 Å². The molecule has 2 rings (SSSR count). The van der Waals surface area contributed by atoms with Gasteiger partial charge in [-0.3, -0.25) is 9.69 Å². The number of hydrogen-bond donors (Lipinski definition) is 1. The van der Waals surface area contributed by atoms with E-state index in [0.717, 1.165) is 51.9 Å². The summed E-state index contributed by atoms with van der Waals surface area (Å²) in [5.41, 5.74) is 0. The maximum atomic E-state index is 11.4. The highest BCUT2D eigenvalue weighted by Gasteiger charge is 2.29. The van der Waals surface area contributed by atoms with Crippen molar-refractivity contribution in [1.82, 2.24) is 9.80 Å². The van der Waals surface area contributed by atoms with Crippen molar-refractivity contribution in [3.63, 3.8) is 0 Å². The Bertz CT molecular complexity index is 270. The summed E-state index contributed by atoms with van der Waals surface area (Å²) in [7, 11) is 0. The molecule has 2 aliphatic rings. The van der Waals surface area contributed by atoms with Crippen LogP contribution in [0.5, 0.6) is 0 Å². The van der Waals surface area contributed by atoms with Crippen molar-refractivity contribution in [2.75, 3.05) is 26.2 Å². The number of aliphatic hydroxyl groups is 1. The van der Waals surface area contributed by atoms with Gasteiger partial charge in [0.15, 0.2) is 0 Å². The summed E-state index contributed by atoms with van der Waals surface area (Å²) in [6.45, 7) is 5.27. The van der Waals surface area contributed by atoms with Crippen LogP contribution in [0, 0.1) is 0 Å². The number of rotatable bonds is 1. The van der Waals surface area contributed by atoms with Crippen molar-refractivity contribution in [2.45, 2.75) is 51.2 Å². The topological polar surface area (TPSA) is 43.8 Å². The molecule has 2 fully saturated rings. The highest BCUT2D eigenvalue weighted by atomic mass is 16.3. The van der Waals surface area contributed by atoms with E-state index < -0.39 is 0 Å². The Morgan fingerprint density at radius 2 is 1.82 bits per heavy atom. The molecule has 1 aliphatic carbocycles. The predicted molar refractivity (Wildman–Crippen MR) is 66.7 cm³/mol. The van der Waals surface area contributed by atoms with Gasteiger partial charge in [0.2, 0.25) is 5.91 Å². The number of hydrogen-bond acceptors (Lipinski definition) is 3. The van der Waals surface area contributed by atoms with Gasteiger partial charge < -0.3 is 10.0 Å². The van der Waals surface area contributed by atoms with Crippen LogP contribution in [-0.2, 0) is 4.79 Å². The maximum absolute atomic E-state index is 11.4. The fraction of sp³-hybridized carbons (Fsp3) is 0.923. The van der Waals surface area contributed by atoms with Gasteiger partial charge in [0.1, 0.15) is 0 Å². The molecule has 0 unspecified atom stereocenters. The molecule has 4 nitrogen and oxygen atoms in total. The van der Waals surface area contributed by atoms with Gasteiger partial charge in [-0.25, -0.2) is 0 Å². The zero-order chi connectivity index (χ0) is 12.3. The Balaban J connectivity index is 1.91. The lowest BCUT2D eigenvalue weighted by Gasteiger charge is -2.37. The predicted octanol–water partition coefficient (Wildman–Crippen LogP) is 0.844. The molecule has 0 aromatic heterocycles. The molecule has 98 valence electrons. The molecular weight excluding hydrogens is 216 g/mol. The second kappa shape index (κ2) is 5.83. The smallest absolute Gasteiger partial charge is 0.219 e. The van der Waals surface area contributed by atoms with Crippen LogP contribution in [0.25, 0.3) is 0 Å². The largest absolute Gasteiger partial charge is 0.391 e. The monoisotopic (exact) mass is 240 g/mol. The molecule has 0 spiro atoms. The molecule has 1 saturated carbocycles. The van der Waals surface area contributed by atoms with Crippen LogP contribution in [0.3, 0.4) is 0 Å². The van der Waals surface area contributed by atoms with Crippen LogP contribution >= 0.6 is 0 Å². The molecule has 17 heavy (non-hydrogen) atoms. The fourth-order valence-electron chi connectivity index (χ4n) is 3.10. The van der Waals surface area contributed by atoms with Crippen LogP contribution in [0.2, 0.25) is 0 Å². The molecule has 1 saturated heterocycles. The third-order valence-electron chi connectivity index (χ3n) is 4.14. The minimum absolute atomic E-state index is 0.160. The van der Waals surface area contributed by atoms with E-state index in [0.29, 0.717) is 6.04 Å². The SMILES string of the molecule is CC(=O)N1CCCN([C@@H]2CCCC[C@H]2O)CC1. The first-order valence-corrected chi connectivity index (χ1v) is 6.86. The Kier molecular flexibility index (Phi) is 4.40. The quantitative estimate of drug-likeness (QED) is 0.739. The van der Waals surface area contributed by atoms with Crippen LogP contribution in [0.1, 0.15) is 39.0 Å². The number of nitrogens with zero attached hydrogens (tertiary/aromatic N) is 2. The standard InChI is InChI=1S/C13H24N2O2/c1-11(16)14-7-4-8-15(10-9-14)12-5-2-3-6-13(12)17/h12-13,17H,2-10H2,1H3/t12-,13-/m1/s1. The second-order valence-corrected chi connectivity index (χ2v) is 5.31. The first-order valence-electron chi connectivity index (χ1n) is 6.86. The van der Waals surface area contributed by atoms with E-state index in [4.69, 9.17) is 0 Å². The molecule has 1 amide bonds. The number of carbonyl (C=O) groups is 1. The number of carbonyl (C=O) groups excluding carboxylic acids is 1. The van der Waals surface area contributed by atoms with Crippen molar-refractivity contribution in [2.24, 2.45) is 0 Å². The average molecular weight is 240 g/mol. The van der Waals surface area contributed by atoms with E-state index in [1.165, 1.54) is 6.42 Å². The van der Waals surface area contributed by atoms with Crippen LogP contribution in [0.4, 0.5) is 0 Å². The van der Waals surface area contributed by atoms with Crippen LogP contribution in [-0.4, -0.2) is 59.1 Å². The van der Waals surface area contributed by atoms with Gasteiger partial charge in [-0.05, 0) is 19.3 Å². The van der Waals surface area contributed by atoms with Gasteiger partial charge >= 0.3 is 0 Å². The summed E-state index contributed by atoms with van der Waals surface area (Å²) in [5, 5.41) is 10.1. The highest BCUT2D eigenvalue weighted by Crippen LogP contribution is 2.24. The van der Waals surface area contributed by atoms with Crippen molar-refractivity contribution in [3.05, 3.63) is 0 Å². The molecule has 1 heterocycles. The normalized spacial score (nSPS) is 32.2. The summed E-state index contributed by atoms with van der Waals surface area (Å²) in [5.74, 6) is 0.177. The van der Waals surface area contributed by atoms with Gasteiger partial charge in [0, 0.05) is 39.1 Å². The molecule has 0 radical (unpaired) electrons. The molecule has 1 aliphatic heterocycles. The zero-order valence-corrected chi connectivity index (χ0v) is 10.8. The maximum Gasteiger partial charge on any atom is 0.219 e. The molecule has 4 heteroatoms. The minimum Gasteiger partial charge on any atom is -0.391 e. The summed E-state index contributed by atoms with van der Waals surface area (Å²) in [4.78, 5) is 15.7. The summed E-state index contributed by atoms with van der Waals surface area (Å²) in [6, 6.07) is 0.329. The minimum atomic E-state index is -0.160. The van der Waals surface area contributed by atoms with Crippen LogP contribution in [0.15, 0.2) is 0 Å². The first-order chi connectivity index (χ1) is 8.18. The lowest BCUT2D eigenvalue weighted by atomic mass is 9.91. The second-order valence-electron chi connectivity index (χ2n) is 5.31. The zero-order valence-electron chi connectivity index (χ0n) is 10.8. The average Bonchev–Trinajstić information content (AvgIpc) is 2.55. The molecular formula is C13H24N2O2. The highest BCUT2D eigenvalue weighted by molar-refractivity contribution is 5.73. The van der Waals surface area contributed by atoms with Gasteiger partial charge in [-0.1, -0.05) is 12.8 Å². The van der Waals surface area contributed by atoms with Gasteiger partial charge in [0.25, 0.3) is 0 Å². The summed E-state index contributed by atoms with van der Waals surface area (Å²) < 4.78 is 0.